The summed E-state index contributed by atoms with van der Waals surface area (Å²) in [4.78, 5) is 15.6. The lowest BCUT2D eigenvalue weighted by Crippen LogP contribution is -2.28. The number of benzene rings is 2. The van der Waals surface area contributed by atoms with Gasteiger partial charge in [0.25, 0.3) is 0 Å². The van der Waals surface area contributed by atoms with Crippen LogP contribution in [0.4, 0.5) is 0 Å². The van der Waals surface area contributed by atoms with Crippen molar-refractivity contribution in [3.8, 4) is 22.1 Å². The maximum atomic E-state index is 12.9. The van der Waals surface area contributed by atoms with Gasteiger partial charge in [-0.1, -0.05) is 54.2 Å². The predicted octanol–water partition coefficient (Wildman–Crippen LogP) is 5.06. The first-order valence-corrected chi connectivity index (χ1v) is 12.0. The first-order valence-electron chi connectivity index (χ1n) is 10.1. The Labute approximate surface area is 195 Å². The normalized spacial score (nSPS) is 10.8. The molecular weight excluding hydrogens is 440 g/mol. The van der Waals surface area contributed by atoms with Crippen molar-refractivity contribution in [1.82, 2.24) is 19.7 Å². The van der Waals surface area contributed by atoms with Gasteiger partial charge in [0.2, 0.25) is 5.91 Å². The molecule has 2 aromatic carbocycles. The minimum atomic E-state index is 0.0329. The van der Waals surface area contributed by atoms with Crippen molar-refractivity contribution in [3.63, 3.8) is 0 Å². The molecule has 0 atom stereocenters. The molecule has 4 rings (SSSR count). The monoisotopic (exact) mass is 464 g/mol. The first kappa shape index (κ1) is 22.1. The Bertz CT molecular complexity index is 1200. The molecule has 0 aliphatic rings. The molecule has 4 aromatic rings. The maximum absolute atomic E-state index is 12.9. The summed E-state index contributed by atoms with van der Waals surface area (Å²) in [6.45, 7) is 2.63. The fraction of sp³-hybridized carbons (Fsp3) is 0.208. The van der Waals surface area contributed by atoms with Gasteiger partial charge < -0.3 is 9.64 Å². The molecule has 164 valence electrons. The Kier molecular flexibility index (Phi) is 6.92. The molecule has 0 unspecified atom stereocenters. The highest BCUT2D eigenvalue weighted by molar-refractivity contribution is 7.99. The van der Waals surface area contributed by atoms with Gasteiger partial charge in [0.05, 0.1) is 23.4 Å². The highest BCUT2D eigenvalue weighted by atomic mass is 32.2. The first-order chi connectivity index (χ1) is 15.6. The minimum absolute atomic E-state index is 0.0329. The van der Waals surface area contributed by atoms with E-state index >= 15 is 0 Å². The molecule has 0 fully saturated rings. The number of thiophene rings is 1. The third-order valence-electron chi connectivity index (χ3n) is 5.12. The summed E-state index contributed by atoms with van der Waals surface area (Å²) in [7, 11) is 3.47. The molecule has 1 amide bonds. The van der Waals surface area contributed by atoms with E-state index < -0.39 is 0 Å². The minimum Gasteiger partial charge on any atom is -0.495 e. The Balaban J connectivity index is 1.57. The molecule has 0 saturated heterocycles. The molecule has 0 spiro atoms. The largest absolute Gasteiger partial charge is 0.495 e. The Morgan fingerprint density at radius 3 is 2.62 bits per heavy atom. The lowest BCUT2D eigenvalue weighted by molar-refractivity contribution is -0.127. The summed E-state index contributed by atoms with van der Waals surface area (Å²) < 4.78 is 7.54. The third kappa shape index (κ3) is 4.71. The van der Waals surface area contributed by atoms with Gasteiger partial charge in [-0.2, -0.15) is 0 Å². The number of rotatable bonds is 8. The van der Waals surface area contributed by atoms with Crippen LogP contribution in [0.1, 0.15) is 11.1 Å². The highest BCUT2D eigenvalue weighted by Crippen LogP contribution is 2.34. The number of aryl methyl sites for hydroxylation is 1. The van der Waals surface area contributed by atoms with E-state index in [0.29, 0.717) is 11.7 Å². The van der Waals surface area contributed by atoms with Crippen LogP contribution >= 0.6 is 23.1 Å². The summed E-state index contributed by atoms with van der Waals surface area (Å²) >= 11 is 2.97. The van der Waals surface area contributed by atoms with E-state index in [2.05, 4.69) is 29.3 Å². The summed E-state index contributed by atoms with van der Waals surface area (Å²) in [5.74, 6) is 1.74. The fourth-order valence-electron chi connectivity index (χ4n) is 3.33. The van der Waals surface area contributed by atoms with Gasteiger partial charge in [-0.25, -0.2) is 0 Å². The second-order valence-corrected chi connectivity index (χ2v) is 9.15. The van der Waals surface area contributed by atoms with Gasteiger partial charge in [0.15, 0.2) is 11.0 Å². The number of carbonyl (C=O) groups is 1. The number of nitrogens with zero attached hydrogens (tertiary/aromatic N) is 4. The molecule has 0 bridgehead atoms. The summed E-state index contributed by atoms with van der Waals surface area (Å²) in [5.41, 5.74) is 3.16. The van der Waals surface area contributed by atoms with Gasteiger partial charge in [-0.3, -0.25) is 9.36 Å². The molecule has 8 heteroatoms. The molecule has 32 heavy (non-hydrogen) atoms. The van der Waals surface area contributed by atoms with Crippen LogP contribution in [0, 0.1) is 6.92 Å². The van der Waals surface area contributed by atoms with E-state index in [-0.39, 0.29) is 11.7 Å². The van der Waals surface area contributed by atoms with Crippen LogP contribution < -0.4 is 4.74 Å². The van der Waals surface area contributed by atoms with E-state index in [4.69, 9.17) is 4.74 Å². The van der Waals surface area contributed by atoms with Crippen molar-refractivity contribution in [2.45, 2.75) is 18.6 Å². The number of methoxy groups -OCH3 is 1. The van der Waals surface area contributed by atoms with Gasteiger partial charge in [-0.15, -0.1) is 21.5 Å². The van der Waals surface area contributed by atoms with Gasteiger partial charge in [0, 0.05) is 13.6 Å². The maximum Gasteiger partial charge on any atom is 0.233 e. The van der Waals surface area contributed by atoms with Crippen molar-refractivity contribution in [3.05, 3.63) is 77.2 Å². The molecule has 2 heterocycles. The number of aromatic nitrogens is 3. The quantitative estimate of drug-likeness (QED) is 0.341. The summed E-state index contributed by atoms with van der Waals surface area (Å²) in [6.07, 6.45) is 0. The predicted molar refractivity (Wildman–Crippen MR) is 130 cm³/mol. The number of para-hydroxylation sites is 2. The van der Waals surface area contributed by atoms with Crippen molar-refractivity contribution >= 4 is 29.0 Å². The lowest BCUT2D eigenvalue weighted by Gasteiger charge is -2.18. The molecule has 0 aliphatic heterocycles. The fourth-order valence-corrected chi connectivity index (χ4v) is 4.91. The van der Waals surface area contributed by atoms with E-state index in [1.54, 1.807) is 23.3 Å². The van der Waals surface area contributed by atoms with Gasteiger partial charge in [-0.05, 0) is 41.6 Å². The van der Waals surface area contributed by atoms with E-state index in [1.807, 2.05) is 65.5 Å². The van der Waals surface area contributed by atoms with E-state index in [1.165, 1.54) is 17.3 Å². The van der Waals surface area contributed by atoms with Crippen molar-refractivity contribution in [2.75, 3.05) is 19.9 Å². The molecule has 0 saturated carbocycles. The van der Waals surface area contributed by atoms with Gasteiger partial charge in [0.1, 0.15) is 5.75 Å². The van der Waals surface area contributed by atoms with Crippen LogP contribution in [-0.4, -0.2) is 45.5 Å². The number of carbonyl (C=O) groups excluding carboxylic acids is 1. The smallest absolute Gasteiger partial charge is 0.233 e. The van der Waals surface area contributed by atoms with Crippen molar-refractivity contribution in [1.29, 1.82) is 0 Å². The van der Waals surface area contributed by atoms with Crippen LogP contribution in [0.3, 0.4) is 0 Å². The Hall–Kier alpha value is -3.10. The SMILES string of the molecule is COc1ccccc1-n1c(SCC(=O)N(C)Cc2ccccc2C)nnc1-c1cccs1. The zero-order valence-electron chi connectivity index (χ0n) is 18.2. The number of amides is 1. The number of ether oxygens (including phenoxy) is 1. The summed E-state index contributed by atoms with van der Waals surface area (Å²) in [5, 5.41) is 11.5. The number of hydrogen-bond acceptors (Lipinski definition) is 6. The lowest BCUT2D eigenvalue weighted by atomic mass is 10.1. The second-order valence-electron chi connectivity index (χ2n) is 7.26. The number of thioether (sulfide) groups is 1. The standard InChI is InChI=1S/C24H24N4O2S2/c1-17-9-4-5-10-18(17)15-27(2)22(29)16-32-24-26-25-23(21-13-8-14-31-21)28(24)19-11-6-7-12-20(19)30-3/h4-14H,15-16H2,1-3H3. The zero-order valence-corrected chi connectivity index (χ0v) is 19.8. The third-order valence-corrected chi connectivity index (χ3v) is 6.90. The summed E-state index contributed by atoms with van der Waals surface area (Å²) in [6, 6.07) is 19.9. The Morgan fingerprint density at radius 2 is 1.88 bits per heavy atom. The van der Waals surface area contributed by atoms with Crippen LogP contribution in [0.2, 0.25) is 0 Å². The average molecular weight is 465 g/mol. The molecule has 6 nitrogen and oxygen atoms in total. The topological polar surface area (TPSA) is 60.2 Å². The van der Waals surface area contributed by atoms with Crippen LogP contribution in [-0.2, 0) is 11.3 Å². The second kappa shape index (κ2) is 10.0. The highest BCUT2D eigenvalue weighted by Gasteiger charge is 2.21. The van der Waals surface area contributed by atoms with Crippen molar-refractivity contribution in [2.24, 2.45) is 0 Å². The van der Waals surface area contributed by atoms with E-state index in [0.717, 1.165) is 27.7 Å². The molecule has 0 radical (unpaired) electrons. The molecule has 2 aromatic heterocycles. The molecule has 0 aliphatic carbocycles. The molecule has 0 N–H and O–H groups in total. The van der Waals surface area contributed by atoms with Crippen LogP contribution in [0.5, 0.6) is 5.75 Å². The van der Waals surface area contributed by atoms with Crippen LogP contribution in [0.25, 0.3) is 16.4 Å². The average Bonchev–Trinajstić information content (AvgIpc) is 3.48. The van der Waals surface area contributed by atoms with Crippen LogP contribution in [0.15, 0.2) is 71.2 Å². The van der Waals surface area contributed by atoms with Crippen molar-refractivity contribution < 1.29 is 9.53 Å². The number of hydrogen-bond donors (Lipinski definition) is 0. The van der Waals surface area contributed by atoms with Gasteiger partial charge >= 0.3 is 0 Å². The zero-order chi connectivity index (χ0) is 22.5. The Morgan fingerprint density at radius 1 is 1.09 bits per heavy atom. The van der Waals surface area contributed by atoms with E-state index in [9.17, 15) is 4.79 Å². The molecular formula is C24H24N4O2S2.